The van der Waals surface area contributed by atoms with Gasteiger partial charge in [0.2, 0.25) is 0 Å². The third-order valence-electron chi connectivity index (χ3n) is 3.35. The lowest BCUT2D eigenvalue weighted by Gasteiger charge is -2.35. The van der Waals surface area contributed by atoms with Gasteiger partial charge in [-0.2, -0.15) is 0 Å². The molecule has 3 heteroatoms. The van der Waals surface area contributed by atoms with Crippen LogP contribution in [0.3, 0.4) is 0 Å². The molecule has 1 aliphatic rings. The Morgan fingerprint density at radius 2 is 2.12 bits per heavy atom. The molecule has 1 unspecified atom stereocenters. The normalized spacial score (nSPS) is 29.7. The van der Waals surface area contributed by atoms with Crippen LogP contribution in [-0.2, 0) is 4.79 Å². The van der Waals surface area contributed by atoms with E-state index in [9.17, 15) is 4.79 Å². The lowest BCUT2D eigenvalue weighted by molar-refractivity contribution is -0.123. The van der Waals surface area contributed by atoms with Crippen molar-refractivity contribution in [3.8, 4) is 11.5 Å². The van der Waals surface area contributed by atoms with Crippen molar-refractivity contribution >= 4 is 36.4 Å². The molecular formula is C14H23IOSi. The fourth-order valence-electron chi connectivity index (χ4n) is 2.24. The van der Waals surface area contributed by atoms with Gasteiger partial charge in [0.05, 0.1) is 3.42 Å². The average molecular weight is 362 g/mol. The van der Waals surface area contributed by atoms with Crippen molar-refractivity contribution in [2.45, 2.75) is 62.1 Å². The van der Waals surface area contributed by atoms with Gasteiger partial charge in [0.15, 0.2) is 0 Å². The van der Waals surface area contributed by atoms with Gasteiger partial charge in [0, 0.05) is 12.8 Å². The maximum Gasteiger partial charge on any atom is 0.148 e. The van der Waals surface area contributed by atoms with Gasteiger partial charge in [-0.25, -0.2) is 0 Å². The molecule has 1 saturated carbocycles. The first-order chi connectivity index (χ1) is 7.73. The number of hydrogen-bond acceptors (Lipinski definition) is 1. The van der Waals surface area contributed by atoms with E-state index in [0.717, 1.165) is 25.7 Å². The second-order valence-corrected chi connectivity index (χ2v) is 13.2. The summed E-state index contributed by atoms with van der Waals surface area (Å²) in [5.74, 6) is 4.29. The van der Waals surface area contributed by atoms with Crippen molar-refractivity contribution in [3.63, 3.8) is 0 Å². The monoisotopic (exact) mass is 362 g/mol. The van der Waals surface area contributed by atoms with Crippen LogP contribution >= 0.6 is 22.6 Å². The molecule has 17 heavy (non-hydrogen) atoms. The van der Waals surface area contributed by atoms with Gasteiger partial charge in [-0.05, 0) is 32.1 Å². The Balaban J connectivity index is 2.51. The smallest absolute Gasteiger partial charge is 0.148 e. The SMILES string of the molecule is CC1(I)C(=O)CCC[C@H]1CCC#C[Si](C)(C)C. The van der Waals surface area contributed by atoms with E-state index in [1.54, 1.807) is 0 Å². The van der Waals surface area contributed by atoms with E-state index < -0.39 is 8.07 Å². The molecule has 1 fully saturated rings. The van der Waals surface area contributed by atoms with Crippen LogP contribution < -0.4 is 0 Å². The van der Waals surface area contributed by atoms with E-state index >= 15 is 0 Å². The van der Waals surface area contributed by atoms with Crippen molar-refractivity contribution in [1.29, 1.82) is 0 Å². The summed E-state index contributed by atoms with van der Waals surface area (Å²) in [6, 6.07) is 0. The molecule has 0 aliphatic heterocycles. The highest BCUT2D eigenvalue weighted by Gasteiger charge is 2.40. The molecule has 0 heterocycles. The lowest BCUT2D eigenvalue weighted by Crippen LogP contribution is -2.40. The first-order valence-corrected chi connectivity index (χ1v) is 11.0. The van der Waals surface area contributed by atoms with E-state index in [0.29, 0.717) is 11.7 Å². The van der Waals surface area contributed by atoms with Gasteiger partial charge < -0.3 is 0 Å². The Bertz CT molecular complexity index is 343. The lowest BCUT2D eigenvalue weighted by atomic mass is 9.77. The zero-order valence-electron chi connectivity index (χ0n) is 11.4. The van der Waals surface area contributed by atoms with Gasteiger partial charge in [-0.3, -0.25) is 4.79 Å². The summed E-state index contributed by atoms with van der Waals surface area (Å²) < 4.78 is -0.142. The largest absolute Gasteiger partial charge is 0.298 e. The molecule has 1 aliphatic carbocycles. The fourth-order valence-corrected chi connectivity index (χ4v) is 3.79. The third-order valence-corrected chi connectivity index (χ3v) is 5.76. The van der Waals surface area contributed by atoms with E-state index in [1.807, 2.05) is 0 Å². The van der Waals surface area contributed by atoms with Gasteiger partial charge in [-0.15, -0.1) is 11.5 Å². The van der Waals surface area contributed by atoms with Crippen molar-refractivity contribution in [3.05, 3.63) is 0 Å². The van der Waals surface area contributed by atoms with Crippen LogP contribution in [0, 0.1) is 17.4 Å². The van der Waals surface area contributed by atoms with E-state index in [-0.39, 0.29) is 3.42 Å². The van der Waals surface area contributed by atoms with Crippen molar-refractivity contribution in [2.24, 2.45) is 5.92 Å². The molecule has 1 nitrogen and oxygen atoms in total. The van der Waals surface area contributed by atoms with Crippen LogP contribution in [0.15, 0.2) is 0 Å². The standard InChI is InChI=1S/C14H23IOSi/c1-14(15)12(9-7-10-13(14)16)8-5-6-11-17(2,3)4/h12H,5,7-10H2,1-4H3/t12-,14?/m1/s1. The van der Waals surface area contributed by atoms with Crippen molar-refractivity contribution in [2.75, 3.05) is 0 Å². The first kappa shape index (κ1) is 15.2. The summed E-state index contributed by atoms with van der Waals surface area (Å²) in [5.41, 5.74) is 3.40. The number of Topliss-reactive ketones (excluding diaryl/α,β-unsaturated/α-hetero) is 1. The van der Waals surface area contributed by atoms with Gasteiger partial charge in [-0.1, -0.05) is 42.2 Å². The van der Waals surface area contributed by atoms with Crippen molar-refractivity contribution in [1.82, 2.24) is 0 Å². The van der Waals surface area contributed by atoms with Gasteiger partial charge in [0.25, 0.3) is 0 Å². The first-order valence-electron chi connectivity index (χ1n) is 6.46. The summed E-state index contributed by atoms with van der Waals surface area (Å²) in [6.45, 7) is 8.91. The Kier molecular flexibility index (Phi) is 5.27. The summed E-state index contributed by atoms with van der Waals surface area (Å²) in [6.07, 6.45) is 5.09. The minimum atomic E-state index is -1.22. The maximum atomic E-state index is 11.9. The topological polar surface area (TPSA) is 17.1 Å². The summed E-state index contributed by atoms with van der Waals surface area (Å²) >= 11 is 2.36. The van der Waals surface area contributed by atoms with E-state index in [2.05, 4.69) is 60.6 Å². The molecule has 0 radical (unpaired) electrons. The number of halogens is 1. The van der Waals surface area contributed by atoms with Crippen LogP contribution in [0.5, 0.6) is 0 Å². The molecule has 0 N–H and O–H groups in total. The Hall–Kier alpha value is 0.177. The highest BCUT2D eigenvalue weighted by Crippen LogP contribution is 2.40. The Morgan fingerprint density at radius 1 is 1.47 bits per heavy atom. The molecule has 0 spiro atoms. The maximum absolute atomic E-state index is 11.9. The third kappa shape index (κ3) is 4.74. The van der Waals surface area contributed by atoms with Crippen LogP contribution in [-0.4, -0.2) is 17.3 Å². The highest BCUT2D eigenvalue weighted by molar-refractivity contribution is 14.1. The molecule has 0 aromatic carbocycles. The Morgan fingerprint density at radius 3 is 2.71 bits per heavy atom. The molecule has 1 rings (SSSR count). The number of hydrogen-bond donors (Lipinski definition) is 0. The number of carbonyl (C=O) groups is 1. The predicted molar refractivity (Wildman–Crippen MR) is 85.1 cm³/mol. The summed E-state index contributed by atoms with van der Waals surface area (Å²) in [5, 5.41) is 0. The number of carbonyl (C=O) groups excluding carboxylic acids is 1. The highest BCUT2D eigenvalue weighted by atomic mass is 127. The molecular weight excluding hydrogens is 339 g/mol. The average Bonchev–Trinajstić information content (AvgIpc) is 2.17. The molecule has 2 atom stereocenters. The second-order valence-electron chi connectivity index (χ2n) is 6.18. The van der Waals surface area contributed by atoms with Gasteiger partial charge in [0.1, 0.15) is 13.9 Å². The summed E-state index contributed by atoms with van der Waals surface area (Å²) in [7, 11) is -1.22. The van der Waals surface area contributed by atoms with Crippen LogP contribution in [0.4, 0.5) is 0 Å². The van der Waals surface area contributed by atoms with Crippen molar-refractivity contribution < 1.29 is 4.79 Å². The van der Waals surface area contributed by atoms with Gasteiger partial charge >= 0.3 is 0 Å². The molecule has 0 bridgehead atoms. The molecule has 96 valence electrons. The molecule has 0 aromatic rings. The minimum absolute atomic E-state index is 0.142. The number of ketones is 1. The zero-order chi connectivity index (χ0) is 13.1. The van der Waals surface area contributed by atoms with Crippen LogP contribution in [0.2, 0.25) is 19.6 Å². The summed E-state index contributed by atoms with van der Waals surface area (Å²) in [4.78, 5) is 11.9. The predicted octanol–water partition coefficient (Wildman–Crippen LogP) is 4.21. The Labute approximate surface area is 120 Å². The van der Waals surface area contributed by atoms with Crippen LogP contribution in [0.1, 0.15) is 39.0 Å². The van der Waals surface area contributed by atoms with E-state index in [1.165, 1.54) is 6.42 Å². The van der Waals surface area contributed by atoms with E-state index in [4.69, 9.17) is 0 Å². The van der Waals surface area contributed by atoms with Crippen LogP contribution in [0.25, 0.3) is 0 Å². The second kappa shape index (κ2) is 5.88. The zero-order valence-corrected chi connectivity index (χ0v) is 14.6. The quantitative estimate of drug-likeness (QED) is 0.311. The molecule has 0 aromatic heterocycles. The number of alkyl halides is 1. The molecule has 0 saturated heterocycles. The minimum Gasteiger partial charge on any atom is -0.298 e. The number of rotatable bonds is 2. The fraction of sp³-hybridized carbons (Fsp3) is 0.786. The molecule has 0 amide bonds.